The Balaban J connectivity index is 1.53. The first kappa shape index (κ1) is 20.8. The molecule has 0 unspecified atom stereocenters. The molecule has 0 aliphatic rings. The van der Waals surface area contributed by atoms with Crippen molar-refractivity contribution in [2.45, 2.75) is 12.8 Å². The Kier molecular flexibility index (Phi) is 7.33. The number of nitrogens with one attached hydrogen (secondary N) is 1. The van der Waals surface area contributed by atoms with Crippen LogP contribution >= 0.6 is 0 Å². The second-order valence-electron chi connectivity index (χ2n) is 6.48. The van der Waals surface area contributed by atoms with Crippen molar-refractivity contribution in [3.05, 3.63) is 91.0 Å². The average molecular weight is 402 g/mol. The van der Waals surface area contributed by atoms with Gasteiger partial charge in [0.2, 0.25) is 5.91 Å². The zero-order valence-electron chi connectivity index (χ0n) is 16.4. The molecule has 152 valence electrons. The molecule has 6 nitrogen and oxygen atoms in total. The molecule has 0 aliphatic heterocycles. The second kappa shape index (κ2) is 10.6. The number of ether oxygens (including phenoxy) is 1. The van der Waals surface area contributed by atoms with Crippen LogP contribution in [-0.2, 0) is 19.1 Å². The summed E-state index contributed by atoms with van der Waals surface area (Å²) >= 11 is 0. The van der Waals surface area contributed by atoms with Crippen molar-refractivity contribution in [2.75, 3.05) is 16.8 Å². The predicted molar refractivity (Wildman–Crippen MR) is 115 cm³/mol. The van der Waals surface area contributed by atoms with E-state index in [0.717, 1.165) is 0 Å². The van der Waals surface area contributed by atoms with Crippen molar-refractivity contribution in [1.29, 1.82) is 0 Å². The predicted octanol–water partition coefficient (Wildman–Crippen LogP) is 4.31. The number of hydrogen-bond acceptors (Lipinski definition) is 4. The molecular weight excluding hydrogens is 380 g/mol. The van der Waals surface area contributed by atoms with Crippen LogP contribution in [0.25, 0.3) is 0 Å². The Morgan fingerprint density at radius 3 is 1.73 bits per heavy atom. The van der Waals surface area contributed by atoms with Crippen LogP contribution in [0, 0.1) is 0 Å². The van der Waals surface area contributed by atoms with Crippen LogP contribution in [0.2, 0.25) is 0 Å². The molecule has 0 fully saturated rings. The molecule has 0 aliphatic carbocycles. The number of benzene rings is 3. The largest absolute Gasteiger partial charge is 0.456 e. The highest BCUT2D eigenvalue weighted by atomic mass is 16.5. The van der Waals surface area contributed by atoms with Crippen LogP contribution in [0.3, 0.4) is 0 Å². The van der Waals surface area contributed by atoms with Gasteiger partial charge >= 0.3 is 5.97 Å². The van der Waals surface area contributed by atoms with E-state index in [1.165, 1.54) is 0 Å². The highest BCUT2D eigenvalue weighted by molar-refractivity contribution is 6.01. The van der Waals surface area contributed by atoms with Crippen molar-refractivity contribution in [3.63, 3.8) is 0 Å². The van der Waals surface area contributed by atoms with Gasteiger partial charge in [0.1, 0.15) is 0 Å². The number of carbonyl (C=O) groups is 3. The van der Waals surface area contributed by atoms with Crippen molar-refractivity contribution >= 4 is 34.8 Å². The highest BCUT2D eigenvalue weighted by Crippen LogP contribution is 2.26. The van der Waals surface area contributed by atoms with E-state index in [4.69, 9.17) is 4.74 Å². The van der Waals surface area contributed by atoms with Gasteiger partial charge in [-0.3, -0.25) is 19.3 Å². The maximum absolute atomic E-state index is 12.9. The van der Waals surface area contributed by atoms with Crippen LogP contribution in [0.5, 0.6) is 0 Å². The third-order valence-electron chi connectivity index (χ3n) is 4.24. The molecule has 3 aromatic carbocycles. The van der Waals surface area contributed by atoms with E-state index in [0.29, 0.717) is 17.1 Å². The van der Waals surface area contributed by atoms with Gasteiger partial charge in [0, 0.05) is 23.5 Å². The zero-order valence-corrected chi connectivity index (χ0v) is 16.4. The number of nitrogens with zero attached hydrogens (tertiary/aromatic N) is 1. The van der Waals surface area contributed by atoms with E-state index in [2.05, 4.69) is 5.32 Å². The quantitative estimate of drug-likeness (QED) is 0.570. The van der Waals surface area contributed by atoms with E-state index in [9.17, 15) is 14.4 Å². The van der Waals surface area contributed by atoms with Crippen molar-refractivity contribution in [2.24, 2.45) is 0 Å². The number of esters is 1. The van der Waals surface area contributed by atoms with Gasteiger partial charge in [-0.15, -0.1) is 0 Å². The summed E-state index contributed by atoms with van der Waals surface area (Å²) in [5, 5.41) is 2.63. The smallest absolute Gasteiger partial charge is 0.306 e. The topological polar surface area (TPSA) is 75.7 Å². The van der Waals surface area contributed by atoms with Crippen LogP contribution in [0.4, 0.5) is 17.1 Å². The van der Waals surface area contributed by atoms with Crippen LogP contribution in [-0.4, -0.2) is 24.4 Å². The van der Waals surface area contributed by atoms with Gasteiger partial charge < -0.3 is 10.1 Å². The molecule has 0 atom stereocenters. The standard InChI is InChI=1S/C24H22N2O4/c27-22(25-19-10-4-1-5-11-19)18-30-24(29)17-16-23(28)26(20-12-6-2-7-13-20)21-14-8-3-9-15-21/h1-15H,16-18H2,(H,25,27). The fourth-order valence-corrected chi connectivity index (χ4v) is 2.85. The van der Waals surface area contributed by atoms with Gasteiger partial charge in [-0.2, -0.15) is 0 Å². The first-order valence-corrected chi connectivity index (χ1v) is 9.57. The lowest BCUT2D eigenvalue weighted by Crippen LogP contribution is -2.27. The average Bonchev–Trinajstić information content (AvgIpc) is 2.78. The lowest BCUT2D eigenvalue weighted by atomic mass is 10.2. The minimum absolute atomic E-state index is 0.0388. The second-order valence-corrected chi connectivity index (χ2v) is 6.48. The Bertz CT molecular complexity index is 936. The minimum Gasteiger partial charge on any atom is -0.456 e. The molecule has 6 heteroatoms. The Labute approximate surface area is 175 Å². The maximum atomic E-state index is 12.9. The number of hydrogen-bond donors (Lipinski definition) is 1. The van der Waals surface area contributed by atoms with Crippen molar-refractivity contribution in [3.8, 4) is 0 Å². The summed E-state index contributed by atoms with van der Waals surface area (Å²) < 4.78 is 5.00. The number of para-hydroxylation sites is 3. The maximum Gasteiger partial charge on any atom is 0.306 e. The highest BCUT2D eigenvalue weighted by Gasteiger charge is 2.19. The van der Waals surface area contributed by atoms with Gasteiger partial charge in [0.15, 0.2) is 6.61 Å². The Hall–Kier alpha value is -3.93. The Morgan fingerprint density at radius 1 is 0.700 bits per heavy atom. The fourth-order valence-electron chi connectivity index (χ4n) is 2.85. The molecule has 0 saturated heterocycles. The molecular formula is C24H22N2O4. The van der Waals surface area contributed by atoms with Crippen LogP contribution < -0.4 is 10.2 Å². The fraction of sp³-hybridized carbons (Fsp3) is 0.125. The van der Waals surface area contributed by atoms with Crippen LogP contribution in [0.1, 0.15) is 12.8 Å². The molecule has 0 bridgehead atoms. The monoisotopic (exact) mass is 402 g/mol. The van der Waals surface area contributed by atoms with Gasteiger partial charge in [-0.25, -0.2) is 0 Å². The molecule has 0 spiro atoms. The van der Waals surface area contributed by atoms with E-state index in [1.807, 2.05) is 66.7 Å². The molecule has 0 saturated carbocycles. The molecule has 3 rings (SSSR count). The Morgan fingerprint density at radius 2 is 1.20 bits per heavy atom. The van der Waals surface area contributed by atoms with Gasteiger partial charge in [-0.05, 0) is 36.4 Å². The summed E-state index contributed by atoms with van der Waals surface area (Å²) in [7, 11) is 0. The first-order valence-electron chi connectivity index (χ1n) is 9.57. The molecule has 30 heavy (non-hydrogen) atoms. The van der Waals surface area contributed by atoms with Crippen molar-refractivity contribution < 1.29 is 19.1 Å². The van der Waals surface area contributed by atoms with E-state index < -0.39 is 18.5 Å². The molecule has 0 aromatic heterocycles. The summed E-state index contributed by atoms with van der Waals surface area (Å²) in [5.41, 5.74) is 2.05. The third kappa shape index (κ3) is 6.04. The molecule has 0 heterocycles. The molecule has 2 amide bonds. The third-order valence-corrected chi connectivity index (χ3v) is 4.24. The van der Waals surface area contributed by atoms with E-state index in [1.54, 1.807) is 29.2 Å². The SMILES string of the molecule is O=C(COC(=O)CCC(=O)N(c1ccccc1)c1ccccc1)Nc1ccccc1. The van der Waals surface area contributed by atoms with Crippen molar-refractivity contribution in [1.82, 2.24) is 0 Å². The number of rotatable bonds is 8. The normalized spacial score (nSPS) is 10.1. The lowest BCUT2D eigenvalue weighted by molar-refractivity contribution is -0.148. The summed E-state index contributed by atoms with van der Waals surface area (Å²) in [5.74, 6) is -1.28. The zero-order chi connectivity index (χ0) is 21.2. The van der Waals surface area contributed by atoms with Gasteiger partial charge in [0.25, 0.3) is 5.91 Å². The number of carbonyl (C=O) groups excluding carboxylic acids is 3. The summed E-state index contributed by atoms with van der Waals surface area (Å²) in [6.45, 7) is -0.400. The first-order chi connectivity index (χ1) is 14.6. The van der Waals surface area contributed by atoms with Crippen LogP contribution in [0.15, 0.2) is 91.0 Å². The lowest BCUT2D eigenvalue weighted by Gasteiger charge is -2.23. The summed E-state index contributed by atoms with van der Waals surface area (Å²) in [6.07, 6.45) is -0.156. The number of amides is 2. The summed E-state index contributed by atoms with van der Waals surface area (Å²) in [6, 6.07) is 27.3. The van der Waals surface area contributed by atoms with Gasteiger partial charge in [-0.1, -0.05) is 54.6 Å². The summed E-state index contributed by atoms with van der Waals surface area (Å²) in [4.78, 5) is 38.3. The minimum atomic E-state index is -0.604. The number of anilines is 3. The molecule has 1 N–H and O–H groups in total. The molecule has 3 aromatic rings. The molecule has 0 radical (unpaired) electrons. The van der Waals surface area contributed by atoms with Gasteiger partial charge in [0.05, 0.1) is 6.42 Å². The van der Waals surface area contributed by atoms with E-state index >= 15 is 0 Å². The van der Waals surface area contributed by atoms with E-state index in [-0.39, 0.29) is 18.7 Å².